The molecule has 4 heteroatoms. The molecule has 4 nitrogen and oxygen atoms in total. The average molecular weight is 228 g/mol. The van der Waals surface area contributed by atoms with Crippen molar-refractivity contribution in [2.24, 2.45) is 0 Å². The molecule has 2 aromatic heterocycles. The van der Waals surface area contributed by atoms with Crippen LogP contribution in [-0.4, -0.2) is 21.5 Å². The molecule has 2 rings (SSSR count). The predicted molar refractivity (Wildman–Crippen MR) is 66.4 cm³/mol. The Hall–Kier alpha value is -1.81. The summed E-state index contributed by atoms with van der Waals surface area (Å²) in [6.07, 6.45) is 6.35. The number of pyridine rings is 1. The van der Waals surface area contributed by atoms with Gasteiger partial charge in [0.05, 0.1) is 11.4 Å². The third-order valence-corrected chi connectivity index (χ3v) is 2.42. The van der Waals surface area contributed by atoms with Gasteiger partial charge < -0.3 is 5.32 Å². The minimum Gasteiger partial charge on any atom is -0.311 e. The van der Waals surface area contributed by atoms with E-state index in [-0.39, 0.29) is 0 Å². The van der Waals surface area contributed by atoms with Crippen molar-refractivity contribution in [2.45, 2.75) is 19.9 Å². The number of rotatable bonds is 5. The van der Waals surface area contributed by atoms with Gasteiger partial charge in [-0.1, -0.05) is 6.07 Å². The smallest absolute Gasteiger partial charge is 0.0724 e. The van der Waals surface area contributed by atoms with E-state index in [0.717, 1.165) is 36.6 Å². The minimum atomic E-state index is 0.750. The Morgan fingerprint density at radius 2 is 2.00 bits per heavy atom. The van der Waals surface area contributed by atoms with E-state index in [4.69, 9.17) is 0 Å². The third kappa shape index (κ3) is 3.92. The zero-order valence-electron chi connectivity index (χ0n) is 9.93. The molecular weight excluding hydrogens is 212 g/mol. The largest absolute Gasteiger partial charge is 0.311 e. The molecule has 1 N–H and O–H groups in total. The second-order valence-electron chi connectivity index (χ2n) is 3.90. The molecular formula is C13H16N4. The Bertz CT molecular complexity index is 439. The van der Waals surface area contributed by atoms with Gasteiger partial charge in [-0.05, 0) is 19.1 Å². The lowest BCUT2D eigenvalue weighted by Gasteiger charge is -2.03. The van der Waals surface area contributed by atoms with Gasteiger partial charge in [0.2, 0.25) is 0 Å². The zero-order chi connectivity index (χ0) is 11.9. The van der Waals surface area contributed by atoms with E-state index in [1.807, 2.05) is 37.5 Å². The first-order valence-corrected chi connectivity index (χ1v) is 5.73. The van der Waals surface area contributed by atoms with Gasteiger partial charge in [-0.15, -0.1) is 0 Å². The molecule has 0 spiro atoms. The van der Waals surface area contributed by atoms with Gasteiger partial charge in [0.15, 0.2) is 0 Å². The van der Waals surface area contributed by atoms with Crippen molar-refractivity contribution >= 4 is 0 Å². The molecule has 0 atom stereocenters. The van der Waals surface area contributed by atoms with E-state index < -0.39 is 0 Å². The van der Waals surface area contributed by atoms with Gasteiger partial charge in [0.25, 0.3) is 0 Å². The highest BCUT2D eigenvalue weighted by Gasteiger charge is 1.96. The van der Waals surface area contributed by atoms with Crippen molar-refractivity contribution in [3.05, 3.63) is 53.9 Å². The zero-order valence-corrected chi connectivity index (χ0v) is 9.93. The predicted octanol–water partition coefficient (Wildman–Crippen LogP) is 1.51. The van der Waals surface area contributed by atoms with Gasteiger partial charge in [-0.25, -0.2) is 0 Å². The number of hydrogen-bond donors (Lipinski definition) is 1. The van der Waals surface area contributed by atoms with Crippen molar-refractivity contribution in [1.82, 2.24) is 20.3 Å². The van der Waals surface area contributed by atoms with Gasteiger partial charge in [-0.2, -0.15) is 0 Å². The Morgan fingerprint density at radius 1 is 1.06 bits per heavy atom. The van der Waals surface area contributed by atoms with Crippen LogP contribution < -0.4 is 5.32 Å². The average Bonchev–Trinajstić information content (AvgIpc) is 2.38. The number of aryl methyl sites for hydroxylation is 1. The van der Waals surface area contributed by atoms with Gasteiger partial charge >= 0.3 is 0 Å². The van der Waals surface area contributed by atoms with Gasteiger partial charge in [-0.3, -0.25) is 15.0 Å². The Morgan fingerprint density at radius 3 is 2.71 bits per heavy atom. The Kier molecular flexibility index (Phi) is 4.16. The first-order valence-electron chi connectivity index (χ1n) is 5.73. The molecule has 0 radical (unpaired) electrons. The van der Waals surface area contributed by atoms with Crippen LogP contribution in [0.4, 0.5) is 0 Å². The molecule has 2 heterocycles. The van der Waals surface area contributed by atoms with E-state index >= 15 is 0 Å². The molecule has 2 aromatic rings. The molecule has 0 saturated carbocycles. The summed E-state index contributed by atoms with van der Waals surface area (Å²) in [5.41, 5.74) is 3.02. The summed E-state index contributed by atoms with van der Waals surface area (Å²) in [5.74, 6) is 0. The summed E-state index contributed by atoms with van der Waals surface area (Å²) in [6, 6.07) is 5.97. The van der Waals surface area contributed by atoms with E-state index in [9.17, 15) is 0 Å². The van der Waals surface area contributed by atoms with Crippen molar-refractivity contribution in [2.75, 3.05) is 6.54 Å². The maximum absolute atomic E-state index is 4.28. The molecule has 88 valence electrons. The van der Waals surface area contributed by atoms with Crippen LogP contribution in [-0.2, 0) is 13.0 Å². The molecule has 0 saturated heterocycles. The second kappa shape index (κ2) is 6.06. The Labute approximate surface area is 101 Å². The van der Waals surface area contributed by atoms with Crippen LogP contribution in [0, 0.1) is 6.92 Å². The van der Waals surface area contributed by atoms with Gasteiger partial charge in [0.1, 0.15) is 0 Å². The van der Waals surface area contributed by atoms with E-state index in [1.165, 1.54) is 0 Å². The molecule has 0 aromatic carbocycles. The molecule has 17 heavy (non-hydrogen) atoms. The molecule has 0 bridgehead atoms. The highest BCUT2D eigenvalue weighted by Crippen LogP contribution is 1.95. The minimum absolute atomic E-state index is 0.750. The van der Waals surface area contributed by atoms with Gasteiger partial charge in [0, 0.05) is 43.8 Å². The molecule has 0 unspecified atom stereocenters. The molecule has 0 aliphatic carbocycles. The van der Waals surface area contributed by atoms with Crippen molar-refractivity contribution in [3.63, 3.8) is 0 Å². The molecule has 0 amide bonds. The van der Waals surface area contributed by atoms with Crippen LogP contribution in [0.3, 0.4) is 0 Å². The fraction of sp³-hybridized carbons (Fsp3) is 0.308. The lowest BCUT2D eigenvalue weighted by Crippen LogP contribution is -2.18. The number of nitrogens with zero attached hydrogens (tertiary/aromatic N) is 3. The summed E-state index contributed by atoms with van der Waals surface area (Å²) in [5, 5.41) is 3.33. The maximum atomic E-state index is 4.28. The first-order chi connectivity index (χ1) is 8.34. The summed E-state index contributed by atoms with van der Waals surface area (Å²) in [6.45, 7) is 3.58. The van der Waals surface area contributed by atoms with Crippen LogP contribution >= 0.6 is 0 Å². The lowest BCUT2D eigenvalue weighted by atomic mass is 10.3. The summed E-state index contributed by atoms with van der Waals surface area (Å²) in [7, 11) is 0. The summed E-state index contributed by atoms with van der Waals surface area (Å²) < 4.78 is 0. The van der Waals surface area contributed by atoms with Crippen LogP contribution in [0.15, 0.2) is 36.8 Å². The second-order valence-corrected chi connectivity index (χ2v) is 3.90. The van der Waals surface area contributed by atoms with Crippen LogP contribution in [0.25, 0.3) is 0 Å². The normalized spacial score (nSPS) is 10.4. The topological polar surface area (TPSA) is 50.7 Å². The third-order valence-electron chi connectivity index (χ3n) is 2.42. The van der Waals surface area contributed by atoms with Crippen molar-refractivity contribution < 1.29 is 0 Å². The maximum Gasteiger partial charge on any atom is 0.0724 e. The number of hydrogen-bond acceptors (Lipinski definition) is 4. The van der Waals surface area contributed by atoms with Crippen LogP contribution in [0.5, 0.6) is 0 Å². The van der Waals surface area contributed by atoms with E-state index in [2.05, 4.69) is 20.3 Å². The van der Waals surface area contributed by atoms with Crippen molar-refractivity contribution in [3.8, 4) is 0 Å². The number of aromatic nitrogens is 3. The summed E-state index contributed by atoms with van der Waals surface area (Å²) in [4.78, 5) is 12.8. The Balaban J connectivity index is 1.71. The quantitative estimate of drug-likeness (QED) is 0.788. The number of nitrogens with one attached hydrogen (secondary N) is 1. The van der Waals surface area contributed by atoms with Crippen LogP contribution in [0.2, 0.25) is 0 Å². The van der Waals surface area contributed by atoms with Crippen molar-refractivity contribution in [1.29, 1.82) is 0 Å². The highest BCUT2D eigenvalue weighted by atomic mass is 14.9. The summed E-state index contributed by atoms with van der Waals surface area (Å²) >= 11 is 0. The van der Waals surface area contributed by atoms with E-state index in [1.54, 1.807) is 6.20 Å². The fourth-order valence-electron chi connectivity index (χ4n) is 1.49. The molecule has 0 aliphatic rings. The standard InChI is InChI=1S/C13H16N4/c1-11-8-17-13(10-16-11)9-14-7-5-12-4-2-3-6-15-12/h2-4,6,8,10,14H,5,7,9H2,1H3. The highest BCUT2D eigenvalue weighted by molar-refractivity contribution is 5.04. The monoisotopic (exact) mass is 228 g/mol. The lowest BCUT2D eigenvalue weighted by molar-refractivity contribution is 0.665. The fourth-order valence-corrected chi connectivity index (χ4v) is 1.49. The first kappa shape index (κ1) is 11.7. The molecule has 0 aliphatic heterocycles. The molecule has 0 fully saturated rings. The SMILES string of the molecule is Cc1cnc(CNCCc2ccccn2)cn1. The van der Waals surface area contributed by atoms with Crippen LogP contribution in [0.1, 0.15) is 17.1 Å². The van der Waals surface area contributed by atoms with E-state index in [0.29, 0.717) is 0 Å².